The zero-order chi connectivity index (χ0) is 11.4. The van der Waals surface area contributed by atoms with Crippen LogP contribution < -0.4 is 0 Å². The Balaban J connectivity index is 2.92. The zero-order valence-corrected chi connectivity index (χ0v) is 9.44. The maximum Gasteiger partial charge on any atom is 0.287 e. The van der Waals surface area contributed by atoms with Crippen LogP contribution >= 0.6 is 11.6 Å². The smallest absolute Gasteiger partial charge is 0.258 e. The van der Waals surface area contributed by atoms with Gasteiger partial charge < -0.3 is 0 Å². The van der Waals surface area contributed by atoms with Gasteiger partial charge in [-0.25, -0.2) is 0 Å². The number of nitrogens with zero attached hydrogens (tertiary/aromatic N) is 2. The molecule has 82 valence electrons. The molecule has 0 aliphatic heterocycles. The normalized spacial score (nSPS) is 14.6. The van der Waals surface area contributed by atoms with Gasteiger partial charge in [0.2, 0.25) is 0 Å². The summed E-state index contributed by atoms with van der Waals surface area (Å²) >= 11 is 6.01. The van der Waals surface area contributed by atoms with Gasteiger partial charge in [-0.3, -0.25) is 15.1 Å². The van der Waals surface area contributed by atoms with Crippen LogP contribution in [0.5, 0.6) is 0 Å². The molecule has 0 aliphatic rings. The summed E-state index contributed by atoms with van der Waals surface area (Å²) in [6.45, 7) is 3.92. The minimum Gasteiger partial charge on any atom is -0.258 e. The quantitative estimate of drug-likeness (QED) is 0.452. The van der Waals surface area contributed by atoms with E-state index in [1.54, 1.807) is 6.07 Å². The second kappa shape index (κ2) is 5.07. The van der Waals surface area contributed by atoms with Crippen LogP contribution in [0.25, 0.3) is 0 Å². The Hall–Kier alpha value is -1.16. The standard InChI is InChI=1S/C10H13ClN2O2/c1-3-9(7(2)11)10-5-4-8(6-12-10)13(14)15/h4-7,9H,3H2,1-2H3. The minimum atomic E-state index is -0.456. The first-order valence-corrected chi connectivity index (χ1v) is 5.24. The van der Waals surface area contributed by atoms with Crippen molar-refractivity contribution in [2.24, 2.45) is 0 Å². The minimum absolute atomic E-state index is 0.0100. The molecule has 0 aromatic carbocycles. The summed E-state index contributed by atoms with van der Waals surface area (Å²) in [5, 5.41) is 10.4. The molecule has 0 fully saturated rings. The van der Waals surface area contributed by atoms with Gasteiger partial charge in [0.25, 0.3) is 5.69 Å². The highest BCUT2D eigenvalue weighted by molar-refractivity contribution is 6.20. The molecule has 2 unspecified atom stereocenters. The molecular weight excluding hydrogens is 216 g/mol. The third kappa shape index (κ3) is 2.89. The summed E-state index contributed by atoms with van der Waals surface area (Å²) in [5.41, 5.74) is 0.821. The Kier molecular flexibility index (Phi) is 4.03. The van der Waals surface area contributed by atoms with Crippen molar-refractivity contribution >= 4 is 17.3 Å². The Morgan fingerprint density at radius 2 is 2.27 bits per heavy atom. The van der Waals surface area contributed by atoms with Crippen molar-refractivity contribution in [1.29, 1.82) is 0 Å². The molecule has 0 saturated carbocycles. The van der Waals surface area contributed by atoms with Gasteiger partial charge in [-0.05, 0) is 19.4 Å². The number of alkyl halides is 1. The molecule has 2 atom stereocenters. The molecular formula is C10H13ClN2O2. The summed E-state index contributed by atoms with van der Waals surface area (Å²) in [7, 11) is 0. The van der Waals surface area contributed by atoms with Crippen molar-refractivity contribution < 1.29 is 4.92 Å². The molecule has 0 bridgehead atoms. The molecule has 1 aromatic heterocycles. The lowest BCUT2D eigenvalue weighted by Gasteiger charge is -2.15. The molecule has 1 rings (SSSR count). The molecule has 15 heavy (non-hydrogen) atoms. The molecule has 0 N–H and O–H groups in total. The third-order valence-electron chi connectivity index (χ3n) is 2.36. The number of rotatable bonds is 4. The first-order chi connectivity index (χ1) is 7.06. The predicted octanol–water partition coefficient (Wildman–Crippen LogP) is 3.11. The van der Waals surface area contributed by atoms with Crippen LogP contribution in [0.3, 0.4) is 0 Å². The number of hydrogen-bond acceptors (Lipinski definition) is 3. The lowest BCUT2D eigenvalue weighted by molar-refractivity contribution is -0.385. The number of halogens is 1. The summed E-state index contributed by atoms with van der Waals surface area (Å²) in [4.78, 5) is 14.0. The van der Waals surface area contributed by atoms with Gasteiger partial charge in [0.1, 0.15) is 6.20 Å². The van der Waals surface area contributed by atoms with Crippen LogP contribution in [0.15, 0.2) is 18.3 Å². The SMILES string of the molecule is CCC(c1ccc([N+](=O)[O-])cn1)C(C)Cl. The second-order valence-electron chi connectivity index (χ2n) is 3.39. The van der Waals surface area contributed by atoms with E-state index in [4.69, 9.17) is 11.6 Å². The van der Waals surface area contributed by atoms with Gasteiger partial charge >= 0.3 is 0 Å². The van der Waals surface area contributed by atoms with Crippen LogP contribution in [-0.4, -0.2) is 15.3 Å². The van der Waals surface area contributed by atoms with E-state index in [2.05, 4.69) is 4.98 Å². The highest BCUT2D eigenvalue weighted by atomic mass is 35.5. The predicted molar refractivity (Wildman–Crippen MR) is 59.2 cm³/mol. The van der Waals surface area contributed by atoms with E-state index >= 15 is 0 Å². The Bertz CT molecular complexity index is 338. The Labute approximate surface area is 93.4 Å². The van der Waals surface area contributed by atoms with Crippen LogP contribution in [0, 0.1) is 10.1 Å². The number of hydrogen-bond donors (Lipinski definition) is 0. The molecule has 0 spiro atoms. The summed E-state index contributed by atoms with van der Waals surface area (Å²) in [6, 6.07) is 3.13. The molecule has 1 heterocycles. The monoisotopic (exact) mass is 228 g/mol. The van der Waals surface area contributed by atoms with E-state index < -0.39 is 4.92 Å². The van der Waals surface area contributed by atoms with Crippen molar-refractivity contribution in [1.82, 2.24) is 4.98 Å². The van der Waals surface area contributed by atoms with Crippen LogP contribution in [0.1, 0.15) is 31.9 Å². The number of nitro groups is 1. The van der Waals surface area contributed by atoms with Crippen LogP contribution in [-0.2, 0) is 0 Å². The van der Waals surface area contributed by atoms with Crippen LogP contribution in [0.2, 0.25) is 0 Å². The second-order valence-corrected chi connectivity index (χ2v) is 4.08. The average Bonchev–Trinajstić information content (AvgIpc) is 2.19. The fourth-order valence-corrected chi connectivity index (χ4v) is 1.80. The molecule has 5 heteroatoms. The first kappa shape index (κ1) is 11.9. The highest BCUT2D eigenvalue weighted by Gasteiger charge is 2.17. The summed E-state index contributed by atoms with van der Waals surface area (Å²) in [6.07, 6.45) is 2.15. The fraction of sp³-hybridized carbons (Fsp3) is 0.500. The van der Waals surface area contributed by atoms with Gasteiger partial charge in [0, 0.05) is 23.1 Å². The topological polar surface area (TPSA) is 56.0 Å². The molecule has 0 aliphatic carbocycles. The van der Waals surface area contributed by atoms with Gasteiger partial charge in [-0.1, -0.05) is 6.92 Å². The van der Waals surface area contributed by atoms with Gasteiger partial charge in [-0.15, -0.1) is 11.6 Å². The number of aromatic nitrogens is 1. The van der Waals surface area contributed by atoms with Crippen LogP contribution in [0.4, 0.5) is 5.69 Å². The molecule has 1 aromatic rings. The average molecular weight is 229 g/mol. The largest absolute Gasteiger partial charge is 0.287 e. The van der Waals surface area contributed by atoms with E-state index in [1.807, 2.05) is 13.8 Å². The fourth-order valence-electron chi connectivity index (χ4n) is 1.49. The first-order valence-electron chi connectivity index (χ1n) is 4.80. The van der Waals surface area contributed by atoms with Gasteiger partial charge in [-0.2, -0.15) is 0 Å². The Morgan fingerprint density at radius 3 is 2.60 bits per heavy atom. The van der Waals surface area contributed by atoms with E-state index in [9.17, 15) is 10.1 Å². The number of pyridine rings is 1. The van der Waals surface area contributed by atoms with Crippen molar-refractivity contribution in [3.63, 3.8) is 0 Å². The van der Waals surface area contributed by atoms with Crippen molar-refractivity contribution in [2.45, 2.75) is 31.6 Å². The van der Waals surface area contributed by atoms with Crippen molar-refractivity contribution in [2.75, 3.05) is 0 Å². The summed E-state index contributed by atoms with van der Waals surface area (Å²) in [5.74, 6) is 0.146. The Morgan fingerprint density at radius 1 is 1.60 bits per heavy atom. The van der Waals surface area contributed by atoms with Crippen molar-refractivity contribution in [3.05, 3.63) is 34.1 Å². The zero-order valence-electron chi connectivity index (χ0n) is 8.68. The highest BCUT2D eigenvalue weighted by Crippen LogP contribution is 2.26. The third-order valence-corrected chi connectivity index (χ3v) is 2.66. The molecule has 0 radical (unpaired) electrons. The maximum atomic E-state index is 10.4. The summed E-state index contributed by atoms with van der Waals surface area (Å²) < 4.78 is 0. The van der Waals surface area contributed by atoms with Gasteiger partial charge in [0.15, 0.2) is 0 Å². The van der Waals surface area contributed by atoms with E-state index in [-0.39, 0.29) is 17.0 Å². The van der Waals surface area contributed by atoms with E-state index in [1.165, 1.54) is 12.3 Å². The molecule has 0 amide bonds. The molecule has 0 saturated heterocycles. The van der Waals surface area contributed by atoms with E-state index in [0.29, 0.717) is 0 Å². The molecule has 4 nitrogen and oxygen atoms in total. The lowest BCUT2D eigenvalue weighted by Crippen LogP contribution is -2.10. The van der Waals surface area contributed by atoms with E-state index in [0.717, 1.165) is 12.1 Å². The van der Waals surface area contributed by atoms with Crippen molar-refractivity contribution in [3.8, 4) is 0 Å². The maximum absolute atomic E-state index is 10.4. The van der Waals surface area contributed by atoms with Gasteiger partial charge in [0.05, 0.1) is 4.92 Å². The lowest BCUT2D eigenvalue weighted by atomic mass is 9.98.